The molecule has 2 heterocycles. The highest BCUT2D eigenvalue weighted by atomic mass is 32.2. The highest BCUT2D eigenvalue weighted by Gasteiger charge is 2.37. The first-order chi connectivity index (χ1) is 16.8. The summed E-state index contributed by atoms with van der Waals surface area (Å²) in [4.78, 5) is 15.3. The van der Waals surface area contributed by atoms with E-state index in [9.17, 15) is 13.2 Å². The average Bonchev–Trinajstić information content (AvgIpc) is 2.87. The van der Waals surface area contributed by atoms with Crippen LogP contribution in [0.3, 0.4) is 0 Å². The van der Waals surface area contributed by atoms with Crippen molar-refractivity contribution in [2.75, 3.05) is 41.5 Å². The number of nitrogens with zero attached hydrogens (tertiary/aromatic N) is 1. The first kappa shape index (κ1) is 24.9. The molecule has 9 nitrogen and oxygen atoms in total. The van der Waals surface area contributed by atoms with E-state index in [1.54, 1.807) is 0 Å². The van der Waals surface area contributed by atoms with Crippen molar-refractivity contribution in [2.24, 2.45) is 0 Å². The molecule has 10 heteroatoms. The van der Waals surface area contributed by atoms with E-state index >= 15 is 0 Å². The lowest BCUT2D eigenvalue weighted by molar-refractivity contribution is 0.229. The summed E-state index contributed by atoms with van der Waals surface area (Å²) in [5.74, 6) is 0.818. The highest BCUT2D eigenvalue weighted by Crippen LogP contribution is 2.42. The Hall–Kier alpha value is -3.24. The van der Waals surface area contributed by atoms with Gasteiger partial charge in [0.15, 0.2) is 22.0 Å². The molecule has 0 amide bonds. The predicted octanol–water partition coefficient (Wildman–Crippen LogP) is 3.75. The molecule has 0 N–H and O–H groups in total. The summed E-state index contributed by atoms with van der Waals surface area (Å²) in [5, 5.41) is -0.828. The van der Waals surface area contributed by atoms with Crippen molar-refractivity contribution in [1.82, 2.24) is 4.90 Å². The predicted molar refractivity (Wildman–Crippen MR) is 133 cm³/mol. The van der Waals surface area contributed by atoms with Crippen LogP contribution in [0.15, 0.2) is 45.0 Å². The van der Waals surface area contributed by atoms with Gasteiger partial charge >= 0.3 is 0 Å². The lowest BCUT2D eigenvalue weighted by Crippen LogP contribution is -2.42. The van der Waals surface area contributed by atoms with Crippen LogP contribution in [0.25, 0.3) is 21.9 Å². The van der Waals surface area contributed by atoms with Gasteiger partial charge in [0.2, 0.25) is 15.3 Å². The zero-order chi connectivity index (χ0) is 25.3. The van der Waals surface area contributed by atoms with Crippen LogP contribution < -0.4 is 24.4 Å². The Morgan fingerprint density at radius 1 is 0.914 bits per heavy atom. The standard InChI is InChI=1S/C25H29NO8S/c1-6-21(26-10-8-7-9-11-26)35(28,29)25-20(33-5)14-19(32-4)22-23(27)15-12-17(30-2)18(31-3)13-16(15)34-24(22)25/h6,12-14,21H,1,7-11H2,2-5H3. The lowest BCUT2D eigenvalue weighted by Gasteiger charge is -2.32. The van der Waals surface area contributed by atoms with E-state index in [2.05, 4.69) is 6.58 Å². The second-order valence-electron chi connectivity index (χ2n) is 8.22. The minimum absolute atomic E-state index is 0.00643. The maximum atomic E-state index is 14.1. The van der Waals surface area contributed by atoms with Crippen LogP contribution in [0.1, 0.15) is 19.3 Å². The number of ether oxygens (including phenoxy) is 4. The number of fused-ring (bicyclic) bond motifs is 2. The molecule has 1 fully saturated rings. The summed E-state index contributed by atoms with van der Waals surface area (Å²) in [7, 11) is 1.54. The number of sulfone groups is 1. The Kier molecular flexibility index (Phi) is 6.95. The van der Waals surface area contributed by atoms with Gasteiger partial charge in [-0.3, -0.25) is 9.69 Å². The Morgan fingerprint density at radius 2 is 1.51 bits per heavy atom. The molecular weight excluding hydrogens is 474 g/mol. The van der Waals surface area contributed by atoms with E-state index < -0.39 is 20.6 Å². The monoisotopic (exact) mass is 503 g/mol. The summed E-state index contributed by atoms with van der Waals surface area (Å²) < 4.78 is 55.9. The maximum Gasteiger partial charge on any atom is 0.205 e. The van der Waals surface area contributed by atoms with Gasteiger partial charge in [-0.05, 0) is 32.0 Å². The molecule has 188 valence electrons. The fourth-order valence-corrected chi connectivity index (χ4v) is 6.54. The van der Waals surface area contributed by atoms with E-state index in [0.29, 0.717) is 24.6 Å². The van der Waals surface area contributed by atoms with Gasteiger partial charge in [0.05, 0.1) is 33.8 Å². The molecule has 1 unspecified atom stereocenters. The smallest absolute Gasteiger partial charge is 0.205 e. The van der Waals surface area contributed by atoms with Crippen molar-refractivity contribution in [2.45, 2.75) is 29.5 Å². The number of methoxy groups -OCH3 is 4. The normalized spacial score (nSPS) is 15.7. The third-order valence-electron chi connectivity index (χ3n) is 6.33. The van der Waals surface area contributed by atoms with Crippen LogP contribution >= 0.6 is 0 Å². The molecule has 1 aromatic heterocycles. The van der Waals surface area contributed by atoms with Gasteiger partial charge in [-0.25, -0.2) is 8.42 Å². The fraction of sp³-hybridized carbons (Fsp3) is 0.400. The molecule has 0 saturated carbocycles. The molecule has 4 rings (SSSR count). The first-order valence-corrected chi connectivity index (χ1v) is 12.7. The van der Waals surface area contributed by atoms with Gasteiger partial charge in [0.25, 0.3) is 0 Å². The molecule has 0 radical (unpaired) electrons. The Bertz CT molecular complexity index is 1440. The number of benzene rings is 2. The largest absolute Gasteiger partial charge is 0.496 e. The molecule has 1 aliphatic heterocycles. The van der Waals surface area contributed by atoms with Crippen molar-refractivity contribution in [3.63, 3.8) is 0 Å². The summed E-state index contributed by atoms with van der Waals surface area (Å²) in [6, 6.07) is 4.39. The quantitative estimate of drug-likeness (QED) is 0.336. The van der Waals surface area contributed by atoms with Crippen molar-refractivity contribution in [3.05, 3.63) is 41.1 Å². The number of rotatable bonds is 8. The molecule has 0 spiro atoms. The maximum absolute atomic E-state index is 14.1. The minimum Gasteiger partial charge on any atom is -0.496 e. The van der Waals surface area contributed by atoms with Gasteiger partial charge in [-0.15, -0.1) is 6.58 Å². The zero-order valence-electron chi connectivity index (χ0n) is 20.3. The van der Waals surface area contributed by atoms with Crippen LogP contribution in [0.4, 0.5) is 0 Å². The zero-order valence-corrected chi connectivity index (χ0v) is 21.1. The minimum atomic E-state index is -4.12. The number of hydrogen-bond donors (Lipinski definition) is 0. The van der Waals surface area contributed by atoms with Gasteiger partial charge in [0, 0.05) is 12.1 Å². The van der Waals surface area contributed by atoms with Crippen LogP contribution in [0, 0.1) is 0 Å². The van der Waals surface area contributed by atoms with Crippen LogP contribution in [-0.4, -0.2) is 60.2 Å². The molecule has 1 saturated heterocycles. The average molecular weight is 504 g/mol. The molecule has 35 heavy (non-hydrogen) atoms. The number of piperidine rings is 1. The summed E-state index contributed by atoms with van der Waals surface area (Å²) in [6.07, 6.45) is 4.23. The van der Waals surface area contributed by atoms with E-state index in [4.69, 9.17) is 23.4 Å². The summed E-state index contributed by atoms with van der Waals surface area (Å²) in [6.45, 7) is 5.04. The molecule has 1 aliphatic rings. The van der Waals surface area contributed by atoms with E-state index in [0.717, 1.165) is 19.3 Å². The van der Waals surface area contributed by atoms with Gasteiger partial charge in [-0.2, -0.15) is 0 Å². The second-order valence-corrected chi connectivity index (χ2v) is 10.2. The third-order valence-corrected chi connectivity index (χ3v) is 8.41. The van der Waals surface area contributed by atoms with Crippen molar-refractivity contribution < 1.29 is 31.8 Å². The van der Waals surface area contributed by atoms with Crippen molar-refractivity contribution in [1.29, 1.82) is 0 Å². The molecule has 2 aromatic carbocycles. The first-order valence-electron chi connectivity index (χ1n) is 11.2. The lowest BCUT2D eigenvalue weighted by atomic mass is 10.1. The third kappa shape index (κ3) is 4.10. The van der Waals surface area contributed by atoms with Gasteiger partial charge in [0.1, 0.15) is 27.8 Å². The molecule has 1 atom stereocenters. The molecular formula is C25H29NO8S. The highest BCUT2D eigenvalue weighted by molar-refractivity contribution is 7.92. The van der Waals surface area contributed by atoms with Gasteiger partial charge in [-0.1, -0.05) is 12.5 Å². The fourth-order valence-electron chi connectivity index (χ4n) is 4.62. The van der Waals surface area contributed by atoms with Crippen molar-refractivity contribution >= 4 is 31.8 Å². The topological polar surface area (TPSA) is 105 Å². The van der Waals surface area contributed by atoms with Crippen molar-refractivity contribution in [3.8, 4) is 23.0 Å². The second kappa shape index (κ2) is 9.79. The SMILES string of the molecule is C=CC(N1CCCCC1)S(=O)(=O)c1c(OC)cc(OC)c2c(=O)c3cc(OC)c(OC)cc3oc12. The molecule has 0 aliphatic carbocycles. The Labute approximate surface area is 203 Å². The number of hydrogen-bond acceptors (Lipinski definition) is 9. The number of likely N-dealkylation sites (tertiary alicyclic amines) is 1. The molecule has 0 bridgehead atoms. The Morgan fingerprint density at radius 3 is 2.09 bits per heavy atom. The van der Waals surface area contributed by atoms with Gasteiger partial charge < -0.3 is 23.4 Å². The van der Waals surface area contributed by atoms with Crippen LogP contribution in [0.5, 0.6) is 23.0 Å². The van der Waals surface area contributed by atoms with E-state index in [-0.39, 0.29) is 38.3 Å². The molecule has 3 aromatic rings. The van der Waals surface area contributed by atoms with Crippen LogP contribution in [-0.2, 0) is 9.84 Å². The Balaban J connectivity index is 2.11. The summed E-state index contributed by atoms with van der Waals surface area (Å²) in [5.41, 5.74) is -0.471. The van der Waals surface area contributed by atoms with Crippen LogP contribution in [0.2, 0.25) is 0 Å². The van der Waals surface area contributed by atoms with E-state index in [1.807, 2.05) is 4.90 Å². The van der Waals surface area contributed by atoms with E-state index in [1.165, 1.54) is 52.7 Å². The summed E-state index contributed by atoms with van der Waals surface area (Å²) >= 11 is 0.